The second-order valence-electron chi connectivity index (χ2n) is 2.26. The van der Waals surface area contributed by atoms with E-state index < -0.39 is 0 Å². The van der Waals surface area contributed by atoms with E-state index in [2.05, 4.69) is 36.4 Å². The molecule has 0 nitrogen and oxygen atoms in total. The average molecular weight is 177 g/mol. The molecule has 0 aliphatic carbocycles. The Bertz CT molecular complexity index is 74.5. The van der Waals surface area contributed by atoms with Gasteiger partial charge >= 0.3 is 0 Å². The fourth-order valence-corrected chi connectivity index (χ4v) is 0.674. The van der Waals surface area contributed by atoms with Crippen molar-refractivity contribution >= 4 is 15.9 Å². The van der Waals surface area contributed by atoms with Crippen LogP contribution in [-0.4, -0.2) is 4.32 Å². The van der Waals surface area contributed by atoms with Crippen LogP contribution in [0.4, 0.5) is 0 Å². The maximum absolute atomic E-state index is 3.66. The van der Waals surface area contributed by atoms with E-state index in [1.165, 1.54) is 0 Å². The van der Waals surface area contributed by atoms with E-state index in [1.807, 2.05) is 6.08 Å². The van der Waals surface area contributed by atoms with Gasteiger partial charge in [-0.05, 0) is 19.8 Å². The fraction of sp³-hybridized carbons (Fsp3) is 0.714. The summed E-state index contributed by atoms with van der Waals surface area (Å²) >= 11 is 3.57. The summed E-state index contributed by atoms with van der Waals surface area (Å²) in [5.74, 6) is 0. The molecule has 0 N–H and O–H groups in total. The molecule has 0 bridgehead atoms. The zero-order chi connectivity index (χ0) is 6.62. The summed E-state index contributed by atoms with van der Waals surface area (Å²) in [4.78, 5) is 0. The van der Waals surface area contributed by atoms with Crippen molar-refractivity contribution in [3.8, 4) is 0 Å². The van der Waals surface area contributed by atoms with Gasteiger partial charge in [-0.1, -0.05) is 28.9 Å². The predicted molar refractivity (Wildman–Crippen MR) is 42.4 cm³/mol. The van der Waals surface area contributed by atoms with Gasteiger partial charge in [0.1, 0.15) is 0 Å². The lowest BCUT2D eigenvalue weighted by molar-refractivity contribution is 0.645. The monoisotopic (exact) mass is 176 g/mol. The molecule has 0 spiro atoms. The topological polar surface area (TPSA) is 0 Å². The molecule has 0 amide bonds. The predicted octanol–water partition coefficient (Wildman–Crippen LogP) is 3.13. The van der Waals surface area contributed by atoms with E-state index in [0.29, 0.717) is 0 Å². The fourth-order valence-electron chi connectivity index (χ4n) is 0.445. The summed E-state index contributed by atoms with van der Waals surface area (Å²) in [7, 11) is 0. The Balaban J connectivity index is 3.53. The first-order valence-corrected chi connectivity index (χ1v) is 3.71. The van der Waals surface area contributed by atoms with Gasteiger partial charge < -0.3 is 0 Å². The molecule has 0 saturated heterocycles. The molecule has 1 unspecified atom stereocenters. The minimum atomic E-state index is 0.286. The van der Waals surface area contributed by atoms with Crippen molar-refractivity contribution in [2.24, 2.45) is 0 Å². The van der Waals surface area contributed by atoms with Gasteiger partial charge in [0.15, 0.2) is 0 Å². The van der Waals surface area contributed by atoms with Crippen LogP contribution in [0, 0.1) is 0 Å². The Labute approximate surface area is 60.1 Å². The molecule has 0 saturated carbocycles. The van der Waals surface area contributed by atoms with Crippen molar-refractivity contribution in [1.82, 2.24) is 0 Å². The van der Waals surface area contributed by atoms with Crippen molar-refractivity contribution in [3.05, 3.63) is 12.7 Å². The molecule has 48 valence electrons. The molecule has 0 aromatic rings. The lowest BCUT2D eigenvalue weighted by Crippen LogP contribution is -2.11. The molecule has 1 atom stereocenters. The highest BCUT2D eigenvalue weighted by atomic mass is 79.9. The van der Waals surface area contributed by atoms with Crippen molar-refractivity contribution in [1.29, 1.82) is 0 Å². The van der Waals surface area contributed by atoms with Gasteiger partial charge in [0, 0.05) is 4.32 Å². The number of rotatable bonds is 3. The summed E-state index contributed by atoms with van der Waals surface area (Å²) < 4.78 is 0.286. The zero-order valence-corrected chi connectivity index (χ0v) is 7.16. The third-order valence-electron chi connectivity index (χ3n) is 1.31. The summed E-state index contributed by atoms with van der Waals surface area (Å²) in [5, 5.41) is 0. The maximum Gasteiger partial charge on any atom is 0.0261 e. The Hall–Kier alpha value is 0.220. The molecule has 0 aliphatic rings. The van der Waals surface area contributed by atoms with Gasteiger partial charge in [0.05, 0.1) is 0 Å². The molecule has 0 radical (unpaired) electrons. The number of alkyl halides is 1. The third-order valence-corrected chi connectivity index (χ3v) is 2.19. The van der Waals surface area contributed by atoms with Crippen LogP contribution in [0.15, 0.2) is 12.7 Å². The van der Waals surface area contributed by atoms with Crippen LogP contribution in [0.25, 0.3) is 0 Å². The Kier molecular flexibility index (Phi) is 3.38. The Morgan fingerprint density at radius 2 is 2.25 bits per heavy atom. The number of allylic oxidation sites excluding steroid dienone is 1. The molecular formula is C7H13Br. The second-order valence-corrected chi connectivity index (χ2v) is 4.17. The van der Waals surface area contributed by atoms with Crippen LogP contribution < -0.4 is 0 Å². The van der Waals surface area contributed by atoms with Crippen LogP contribution in [0.2, 0.25) is 0 Å². The number of hydrogen-bond donors (Lipinski definition) is 0. The van der Waals surface area contributed by atoms with Gasteiger partial charge in [0.25, 0.3) is 0 Å². The highest BCUT2D eigenvalue weighted by Crippen LogP contribution is 2.25. The van der Waals surface area contributed by atoms with Crippen molar-refractivity contribution in [2.45, 2.75) is 31.0 Å². The first-order valence-electron chi connectivity index (χ1n) is 2.92. The lowest BCUT2D eigenvalue weighted by Gasteiger charge is -2.16. The second kappa shape index (κ2) is 3.29. The summed E-state index contributed by atoms with van der Waals surface area (Å²) in [6.07, 6.45) is 4.14. The standard InChI is InChI=1S/C7H13Br/c1-4-6-7(3,8)5-2/h4H,1,5-6H2,2-3H3. The first kappa shape index (κ1) is 8.22. The van der Waals surface area contributed by atoms with Crippen LogP contribution in [0.3, 0.4) is 0 Å². The van der Waals surface area contributed by atoms with Gasteiger partial charge in [-0.15, -0.1) is 6.58 Å². The van der Waals surface area contributed by atoms with Gasteiger partial charge in [-0.2, -0.15) is 0 Å². The molecule has 0 fully saturated rings. The highest BCUT2D eigenvalue weighted by molar-refractivity contribution is 9.10. The number of halogens is 1. The molecule has 1 heteroatoms. The SMILES string of the molecule is C=CCC(C)(Br)CC. The molecule has 8 heavy (non-hydrogen) atoms. The summed E-state index contributed by atoms with van der Waals surface area (Å²) in [6.45, 7) is 8.00. The smallest absolute Gasteiger partial charge is 0.0261 e. The van der Waals surface area contributed by atoms with E-state index in [0.717, 1.165) is 12.8 Å². The largest absolute Gasteiger partial charge is 0.103 e. The minimum Gasteiger partial charge on any atom is -0.103 e. The average Bonchev–Trinajstić information content (AvgIpc) is 1.67. The van der Waals surface area contributed by atoms with E-state index in [9.17, 15) is 0 Å². The van der Waals surface area contributed by atoms with Crippen LogP contribution in [0.1, 0.15) is 26.7 Å². The zero-order valence-electron chi connectivity index (χ0n) is 5.58. The van der Waals surface area contributed by atoms with E-state index >= 15 is 0 Å². The van der Waals surface area contributed by atoms with Gasteiger partial charge in [-0.25, -0.2) is 0 Å². The van der Waals surface area contributed by atoms with Gasteiger partial charge in [0.2, 0.25) is 0 Å². The number of hydrogen-bond acceptors (Lipinski definition) is 0. The van der Waals surface area contributed by atoms with Crippen molar-refractivity contribution in [3.63, 3.8) is 0 Å². The van der Waals surface area contributed by atoms with E-state index in [-0.39, 0.29) is 4.32 Å². The maximum atomic E-state index is 3.66. The normalized spacial score (nSPS) is 17.4. The molecule has 0 aliphatic heterocycles. The molecule has 0 aromatic heterocycles. The third kappa shape index (κ3) is 3.25. The summed E-state index contributed by atoms with van der Waals surface area (Å²) in [6, 6.07) is 0. The molecule has 0 aromatic carbocycles. The Morgan fingerprint density at radius 1 is 1.75 bits per heavy atom. The first-order chi connectivity index (χ1) is 3.62. The van der Waals surface area contributed by atoms with Crippen molar-refractivity contribution < 1.29 is 0 Å². The van der Waals surface area contributed by atoms with Crippen LogP contribution in [0.5, 0.6) is 0 Å². The van der Waals surface area contributed by atoms with Gasteiger partial charge in [-0.3, -0.25) is 0 Å². The molecule has 0 heterocycles. The quantitative estimate of drug-likeness (QED) is 0.459. The van der Waals surface area contributed by atoms with Crippen molar-refractivity contribution in [2.75, 3.05) is 0 Å². The highest BCUT2D eigenvalue weighted by Gasteiger charge is 2.13. The summed E-state index contributed by atoms with van der Waals surface area (Å²) in [5.41, 5.74) is 0. The van der Waals surface area contributed by atoms with E-state index in [1.54, 1.807) is 0 Å². The van der Waals surface area contributed by atoms with Crippen LogP contribution in [-0.2, 0) is 0 Å². The Morgan fingerprint density at radius 3 is 2.38 bits per heavy atom. The van der Waals surface area contributed by atoms with Crippen LogP contribution >= 0.6 is 15.9 Å². The minimum absolute atomic E-state index is 0.286. The van der Waals surface area contributed by atoms with E-state index in [4.69, 9.17) is 0 Å². The molecular weight excluding hydrogens is 164 g/mol. The lowest BCUT2D eigenvalue weighted by atomic mass is 10.1. The molecule has 0 rings (SSSR count).